The maximum absolute atomic E-state index is 12.4. The second kappa shape index (κ2) is 9.00. The van der Waals surface area contributed by atoms with Crippen LogP contribution in [0, 0.1) is 0 Å². The van der Waals surface area contributed by atoms with Gasteiger partial charge in [-0.15, -0.1) is 0 Å². The number of furan rings is 1. The van der Waals surface area contributed by atoms with Crippen LogP contribution in [0.15, 0.2) is 59.3 Å². The monoisotopic (exact) mass is 450 g/mol. The number of hydrogen-bond donors (Lipinski definition) is 2. The van der Waals surface area contributed by atoms with Crippen LogP contribution in [-0.2, 0) is 14.2 Å². The van der Waals surface area contributed by atoms with Crippen LogP contribution < -0.4 is 10.6 Å². The number of nitrogens with one attached hydrogen (secondary N) is 2. The number of ketones is 1. The Hall–Kier alpha value is -3.76. The van der Waals surface area contributed by atoms with Crippen LogP contribution in [-0.4, -0.2) is 59.4 Å². The summed E-state index contributed by atoms with van der Waals surface area (Å²) < 4.78 is 22.7. The van der Waals surface area contributed by atoms with Crippen molar-refractivity contribution in [1.29, 1.82) is 0 Å². The molecule has 33 heavy (non-hydrogen) atoms. The topological polar surface area (TPSA) is 125 Å². The zero-order valence-corrected chi connectivity index (χ0v) is 17.8. The third-order valence-corrected chi connectivity index (χ3v) is 5.53. The minimum absolute atomic E-state index is 0.0874. The summed E-state index contributed by atoms with van der Waals surface area (Å²) in [5.41, 5.74) is 1.64. The van der Waals surface area contributed by atoms with Crippen LogP contribution in [0.5, 0.6) is 0 Å². The molecule has 2 saturated heterocycles. The Labute approximate surface area is 189 Å². The molecule has 0 saturated carbocycles. The van der Waals surface area contributed by atoms with Gasteiger partial charge in [0.1, 0.15) is 17.9 Å². The van der Waals surface area contributed by atoms with Crippen LogP contribution in [0.25, 0.3) is 11.5 Å². The van der Waals surface area contributed by atoms with Crippen molar-refractivity contribution in [1.82, 2.24) is 9.97 Å². The first kappa shape index (κ1) is 21.1. The summed E-state index contributed by atoms with van der Waals surface area (Å²) in [5.74, 6) is 0.983. The van der Waals surface area contributed by atoms with Gasteiger partial charge < -0.3 is 23.9 Å². The average Bonchev–Trinajstić information content (AvgIpc) is 3.55. The fourth-order valence-electron chi connectivity index (χ4n) is 3.95. The molecule has 3 aromatic rings. The molecule has 170 valence electrons. The molecule has 4 atom stereocenters. The van der Waals surface area contributed by atoms with E-state index in [0.29, 0.717) is 35.3 Å². The molecule has 4 heterocycles. The molecule has 1 aromatic carbocycles. The van der Waals surface area contributed by atoms with Crippen LogP contribution in [0.3, 0.4) is 0 Å². The van der Waals surface area contributed by atoms with Gasteiger partial charge in [-0.1, -0.05) is 12.1 Å². The van der Waals surface area contributed by atoms with Crippen molar-refractivity contribution in [3.05, 3.63) is 60.5 Å². The fourth-order valence-corrected chi connectivity index (χ4v) is 3.95. The highest BCUT2D eigenvalue weighted by atomic mass is 16.6. The molecule has 2 N–H and O–H groups in total. The molecular formula is C23H22N4O6. The first-order valence-electron chi connectivity index (χ1n) is 10.5. The first-order valence-corrected chi connectivity index (χ1v) is 10.5. The number of hydrogen-bond acceptors (Lipinski definition) is 9. The van der Waals surface area contributed by atoms with E-state index in [4.69, 9.17) is 18.6 Å². The van der Waals surface area contributed by atoms with Crippen molar-refractivity contribution in [2.45, 2.75) is 31.3 Å². The van der Waals surface area contributed by atoms with E-state index in [1.807, 2.05) is 6.07 Å². The van der Waals surface area contributed by atoms with E-state index in [1.165, 1.54) is 6.92 Å². The highest BCUT2D eigenvalue weighted by Gasteiger charge is 2.49. The molecule has 0 unspecified atom stereocenters. The van der Waals surface area contributed by atoms with Gasteiger partial charge in [0.05, 0.1) is 25.5 Å². The van der Waals surface area contributed by atoms with E-state index >= 15 is 0 Å². The van der Waals surface area contributed by atoms with Gasteiger partial charge >= 0.3 is 6.09 Å². The molecule has 1 amide bonds. The summed E-state index contributed by atoms with van der Waals surface area (Å²) >= 11 is 0. The number of carbonyl (C=O) groups excluding carboxylic acids is 2. The fraction of sp³-hybridized carbons (Fsp3) is 0.304. The second-order valence-electron chi connectivity index (χ2n) is 7.80. The van der Waals surface area contributed by atoms with Gasteiger partial charge in [-0.2, -0.15) is 0 Å². The van der Waals surface area contributed by atoms with Crippen molar-refractivity contribution < 1.29 is 28.2 Å². The number of aromatic nitrogens is 2. The van der Waals surface area contributed by atoms with Crippen molar-refractivity contribution in [2.75, 3.05) is 23.8 Å². The highest BCUT2D eigenvalue weighted by molar-refractivity contribution is 5.96. The number of ether oxygens (including phenoxy) is 3. The molecule has 0 spiro atoms. The van der Waals surface area contributed by atoms with E-state index in [1.54, 1.807) is 48.9 Å². The molecule has 5 rings (SSSR count). The number of amides is 1. The standard InChI is InChI=1S/C23H22N4O6/c1-13(28)14-4-2-5-15(10-14)25-23(29)33-19-12-32-20-17(11-31-21(19)20)27-22-24-8-7-16(26-22)18-6-3-9-30-18/h2-10,17,19-21H,11-12H2,1H3,(H,25,29)(H,24,26,27)/t17-,19-,20-,21+/m0/s1. The normalized spacial score (nSPS) is 23.7. The Kier molecular flexibility index (Phi) is 5.76. The molecule has 0 bridgehead atoms. The van der Waals surface area contributed by atoms with Gasteiger partial charge in [0.25, 0.3) is 0 Å². The largest absolute Gasteiger partial charge is 0.463 e. The number of nitrogens with zero attached hydrogens (tertiary/aromatic N) is 2. The summed E-state index contributed by atoms with van der Waals surface area (Å²) in [5, 5.41) is 5.89. The lowest BCUT2D eigenvalue weighted by Gasteiger charge is -2.18. The molecule has 2 aliphatic heterocycles. The van der Waals surface area contributed by atoms with Crippen molar-refractivity contribution in [3.63, 3.8) is 0 Å². The Bertz CT molecular complexity index is 1150. The van der Waals surface area contributed by atoms with E-state index in [2.05, 4.69) is 20.6 Å². The zero-order valence-electron chi connectivity index (χ0n) is 17.8. The number of anilines is 2. The van der Waals surface area contributed by atoms with Crippen LogP contribution >= 0.6 is 0 Å². The highest BCUT2D eigenvalue weighted by Crippen LogP contribution is 2.31. The number of benzene rings is 1. The lowest BCUT2D eigenvalue weighted by Crippen LogP contribution is -2.38. The number of Topliss-reactive ketones (excluding diaryl/α,β-unsaturated/α-hetero) is 1. The lowest BCUT2D eigenvalue weighted by molar-refractivity contribution is 0.00916. The predicted molar refractivity (Wildman–Crippen MR) is 117 cm³/mol. The summed E-state index contributed by atoms with van der Waals surface area (Å²) in [4.78, 5) is 32.7. The van der Waals surface area contributed by atoms with Crippen LogP contribution in [0.1, 0.15) is 17.3 Å². The number of fused-ring (bicyclic) bond motifs is 1. The van der Waals surface area contributed by atoms with Crippen molar-refractivity contribution >= 4 is 23.5 Å². The Balaban J connectivity index is 1.19. The number of carbonyl (C=O) groups is 2. The van der Waals surface area contributed by atoms with Gasteiger partial charge in [0.15, 0.2) is 17.6 Å². The Morgan fingerprint density at radius 3 is 2.79 bits per heavy atom. The smallest absolute Gasteiger partial charge is 0.412 e. The summed E-state index contributed by atoms with van der Waals surface area (Å²) in [7, 11) is 0. The molecule has 2 fully saturated rings. The van der Waals surface area contributed by atoms with Gasteiger partial charge in [-0.05, 0) is 37.3 Å². The van der Waals surface area contributed by atoms with Crippen LogP contribution in [0.4, 0.5) is 16.4 Å². The Morgan fingerprint density at radius 2 is 1.97 bits per heavy atom. The van der Waals surface area contributed by atoms with E-state index < -0.39 is 18.3 Å². The van der Waals surface area contributed by atoms with Crippen LogP contribution in [0.2, 0.25) is 0 Å². The SMILES string of the molecule is CC(=O)c1cccc(NC(=O)O[C@H]2CO[C@@H]3[C@@H]2OC[C@@H]3Nc2nccc(-c3ccco3)n2)c1. The third kappa shape index (κ3) is 4.57. The first-order chi connectivity index (χ1) is 16.1. The van der Waals surface area contributed by atoms with E-state index in [9.17, 15) is 9.59 Å². The summed E-state index contributed by atoms with van der Waals surface area (Å²) in [6.45, 7) is 2.03. The predicted octanol–water partition coefficient (Wildman–Crippen LogP) is 3.13. The molecule has 2 aromatic heterocycles. The lowest BCUT2D eigenvalue weighted by atomic mass is 10.1. The molecule has 10 nitrogen and oxygen atoms in total. The van der Waals surface area contributed by atoms with Gasteiger partial charge in [0, 0.05) is 17.4 Å². The molecular weight excluding hydrogens is 428 g/mol. The Morgan fingerprint density at radius 1 is 1.09 bits per heavy atom. The minimum Gasteiger partial charge on any atom is -0.463 e. The number of rotatable bonds is 6. The van der Waals surface area contributed by atoms with Gasteiger partial charge in [-0.25, -0.2) is 14.8 Å². The minimum atomic E-state index is -0.639. The van der Waals surface area contributed by atoms with Crippen molar-refractivity contribution in [3.8, 4) is 11.5 Å². The maximum atomic E-state index is 12.4. The maximum Gasteiger partial charge on any atom is 0.412 e. The summed E-state index contributed by atoms with van der Waals surface area (Å²) in [6.07, 6.45) is 1.30. The van der Waals surface area contributed by atoms with E-state index in [-0.39, 0.29) is 24.5 Å². The average molecular weight is 450 g/mol. The van der Waals surface area contributed by atoms with E-state index in [0.717, 1.165) is 0 Å². The molecule has 10 heteroatoms. The molecule has 2 aliphatic rings. The second-order valence-corrected chi connectivity index (χ2v) is 7.80. The van der Waals surface area contributed by atoms with Gasteiger partial charge in [-0.3, -0.25) is 10.1 Å². The summed E-state index contributed by atoms with van der Waals surface area (Å²) in [6, 6.07) is 11.8. The third-order valence-electron chi connectivity index (χ3n) is 5.53. The van der Waals surface area contributed by atoms with Gasteiger partial charge in [0.2, 0.25) is 5.95 Å². The molecule has 0 aliphatic carbocycles. The quantitative estimate of drug-likeness (QED) is 0.545. The molecule has 0 radical (unpaired) electrons. The van der Waals surface area contributed by atoms with Crippen molar-refractivity contribution in [2.24, 2.45) is 0 Å². The zero-order chi connectivity index (χ0) is 22.8.